The van der Waals surface area contributed by atoms with Gasteiger partial charge in [0.1, 0.15) is 0 Å². The molecule has 1 heterocycles. The Hall–Kier alpha value is -1.39. The molecule has 0 spiro atoms. The number of halogens is 1. The fourth-order valence-corrected chi connectivity index (χ4v) is 5.40. The number of hydrogen-bond donors (Lipinski definition) is 1. The predicted molar refractivity (Wildman–Crippen MR) is 123 cm³/mol. The van der Waals surface area contributed by atoms with Gasteiger partial charge in [-0.05, 0) is 62.4 Å². The molecule has 1 N–H and O–H groups in total. The number of nitrogens with zero attached hydrogens (tertiary/aromatic N) is 2. The summed E-state index contributed by atoms with van der Waals surface area (Å²) >= 11 is 6.27. The van der Waals surface area contributed by atoms with Gasteiger partial charge in [0, 0.05) is 49.3 Å². The normalized spacial score (nSPS) is 26.5. The van der Waals surface area contributed by atoms with Crippen LogP contribution in [0.4, 0.5) is 0 Å². The second-order valence-corrected chi connectivity index (χ2v) is 9.12. The van der Waals surface area contributed by atoms with E-state index in [0.29, 0.717) is 0 Å². The zero-order valence-corrected chi connectivity index (χ0v) is 18.4. The van der Waals surface area contributed by atoms with Crippen molar-refractivity contribution in [2.24, 2.45) is 0 Å². The first-order chi connectivity index (χ1) is 14.2. The van der Waals surface area contributed by atoms with Crippen LogP contribution < -0.4 is 5.32 Å². The lowest BCUT2D eigenvalue weighted by molar-refractivity contribution is 0.0609. The molecule has 4 rings (SSSR count). The molecule has 0 radical (unpaired) electrons. The van der Waals surface area contributed by atoms with Crippen LogP contribution in [0.25, 0.3) is 0 Å². The third kappa shape index (κ3) is 5.03. The molecule has 0 bridgehead atoms. The van der Waals surface area contributed by atoms with E-state index in [4.69, 9.17) is 11.6 Å². The minimum atomic E-state index is 0.0822. The summed E-state index contributed by atoms with van der Waals surface area (Å²) in [6, 6.07) is 20.0. The van der Waals surface area contributed by atoms with Crippen LogP contribution in [0, 0.1) is 0 Å². The van der Waals surface area contributed by atoms with Crippen LogP contribution in [0.5, 0.6) is 0 Å². The second kappa shape index (κ2) is 9.61. The van der Waals surface area contributed by atoms with Gasteiger partial charge in [0.2, 0.25) is 0 Å². The van der Waals surface area contributed by atoms with Gasteiger partial charge in [-0.15, -0.1) is 0 Å². The van der Waals surface area contributed by atoms with Crippen LogP contribution in [0.15, 0.2) is 54.6 Å². The molecule has 0 amide bonds. The molecule has 3 nitrogen and oxygen atoms in total. The molecule has 1 saturated carbocycles. The Kier molecular flexibility index (Phi) is 6.92. The maximum Gasteiger partial charge on any atom is 0.0433 e. The highest BCUT2D eigenvalue weighted by atomic mass is 35.5. The van der Waals surface area contributed by atoms with Gasteiger partial charge in [-0.1, -0.05) is 54.1 Å². The molecule has 2 aromatic rings. The van der Waals surface area contributed by atoms with E-state index in [2.05, 4.69) is 70.7 Å². The van der Waals surface area contributed by atoms with E-state index in [1.54, 1.807) is 0 Å². The Morgan fingerprint density at radius 2 is 1.69 bits per heavy atom. The quantitative estimate of drug-likeness (QED) is 0.751. The standard InChI is InChI=1S/C25H34ClN3/c1-27-25(22-8-5-9-23(26)20-22)13-10-24(11-14-25)29-18-16-28(17-19-29)15-12-21-6-3-2-4-7-21/h2-9,20,24,27H,10-19H2,1H3. The van der Waals surface area contributed by atoms with Gasteiger partial charge in [0.15, 0.2) is 0 Å². The zero-order valence-electron chi connectivity index (χ0n) is 17.6. The van der Waals surface area contributed by atoms with Crippen molar-refractivity contribution in [2.45, 2.75) is 43.7 Å². The topological polar surface area (TPSA) is 18.5 Å². The van der Waals surface area contributed by atoms with Gasteiger partial charge in [0.05, 0.1) is 0 Å². The summed E-state index contributed by atoms with van der Waals surface area (Å²) in [6.45, 7) is 6.01. The second-order valence-electron chi connectivity index (χ2n) is 8.69. The van der Waals surface area contributed by atoms with Gasteiger partial charge in [0.25, 0.3) is 0 Å². The van der Waals surface area contributed by atoms with E-state index in [-0.39, 0.29) is 5.54 Å². The number of benzene rings is 2. The van der Waals surface area contributed by atoms with Gasteiger partial charge >= 0.3 is 0 Å². The molecule has 2 aromatic carbocycles. The summed E-state index contributed by atoms with van der Waals surface area (Å²) in [4.78, 5) is 5.38. The average molecular weight is 412 g/mol. The molecule has 156 valence electrons. The first-order valence-electron chi connectivity index (χ1n) is 11.1. The van der Waals surface area contributed by atoms with Crippen molar-refractivity contribution in [3.8, 4) is 0 Å². The Balaban J connectivity index is 1.26. The Labute approximate surface area is 181 Å². The molecular weight excluding hydrogens is 378 g/mol. The lowest BCUT2D eigenvalue weighted by atomic mass is 9.74. The van der Waals surface area contributed by atoms with E-state index in [1.165, 1.54) is 69.5 Å². The summed E-state index contributed by atoms with van der Waals surface area (Å²) < 4.78 is 0. The van der Waals surface area contributed by atoms with Crippen LogP contribution in [-0.2, 0) is 12.0 Å². The van der Waals surface area contributed by atoms with Crippen molar-refractivity contribution in [1.82, 2.24) is 15.1 Å². The van der Waals surface area contributed by atoms with E-state index < -0.39 is 0 Å². The molecule has 1 aliphatic heterocycles. The fourth-order valence-electron chi connectivity index (χ4n) is 5.21. The first-order valence-corrected chi connectivity index (χ1v) is 11.5. The summed E-state index contributed by atoms with van der Waals surface area (Å²) in [7, 11) is 2.10. The fraction of sp³-hybridized carbons (Fsp3) is 0.520. The lowest BCUT2D eigenvalue weighted by Crippen LogP contribution is -2.53. The van der Waals surface area contributed by atoms with Crippen molar-refractivity contribution in [1.29, 1.82) is 0 Å². The highest BCUT2D eigenvalue weighted by molar-refractivity contribution is 6.30. The van der Waals surface area contributed by atoms with Gasteiger partial charge in [-0.25, -0.2) is 0 Å². The number of hydrogen-bond acceptors (Lipinski definition) is 3. The molecule has 1 aliphatic carbocycles. The molecule has 2 aliphatic rings. The van der Waals surface area contributed by atoms with Crippen molar-refractivity contribution in [3.05, 3.63) is 70.7 Å². The van der Waals surface area contributed by atoms with Crippen molar-refractivity contribution in [3.63, 3.8) is 0 Å². The monoisotopic (exact) mass is 411 g/mol. The third-order valence-corrected chi connectivity index (χ3v) is 7.38. The largest absolute Gasteiger partial charge is 0.310 e. The third-order valence-electron chi connectivity index (χ3n) is 7.15. The summed E-state index contributed by atoms with van der Waals surface area (Å²) in [5, 5.41) is 4.48. The molecule has 1 saturated heterocycles. The van der Waals surface area contributed by atoms with Crippen molar-refractivity contribution < 1.29 is 0 Å². The summed E-state index contributed by atoms with van der Waals surface area (Å²) in [5.41, 5.74) is 2.88. The Morgan fingerprint density at radius 3 is 2.34 bits per heavy atom. The van der Waals surface area contributed by atoms with E-state index in [0.717, 1.165) is 17.5 Å². The van der Waals surface area contributed by atoms with Gasteiger partial charge in [-0.3, -0.25) is 4.90 Å². The summed E-state index contributed by atoms with van der Waals surface area (Å²) in [6.07, 6.45) is 6.05. The zero-order chi connectivity index (χ0) is 20.1. The van der Waals surface area contributed by atoms with Crippen molar-refractivity contribution in [2.75, 3.05) is 39.8 Å². The molecule has 0 aromatic heterocycles. The SMILES string of the molecule is CNC1(c2cccc(Cl)c2)CCC(N2CCN(CCc3ccccc3)CC2)CC1. The number of piperazine rings is 1. The molecule has 4 heteroatoms. The molecule has 29 heavy (non-hydrogen) atoms. The molecular formula is C25H34ClN3. The molecule has 2 fully saturated rings. The van der Waals surface area contributed by atoms with E-state index in [1.807, 2.05) is 6.07 Å². The van der Waals surface area contributed by atoms with Crippen LogP contribution in [-0.4, -0.2) is 55.6 Å². The van der Waals surface area contributed by atoms with Gasteiger partial charge < -0.3 is 10.2 Å². The Bertz CT molecular complexity index is 763. The highest BCUT2D eigenvalue weighted by Gasteiger charge is 2.37. The van der Waals surface area contributed by atoms with E-state index >= 15 is 0 Å². The van der Waals surface area contributed by atoms with Gasteiger partial charge in [-0.2, -0.15) is 0 Å². The van der Waals surface area contributed by atoms with Crippen LogP contribution in [0.3, 0.4) is 0 Å². The summed E-state index contributed by atoms with van der Waals surface area (Å²) in [5.74, 6) is 0. The predicted octanol–water partition coefficient (Wildman–Crippen LogP) is 4.56. The minimum Gasteiger partial charge on any atom is -0.310 e. The number of rotatable bonds is 6. The first kappa shape index (κ1) is 20.9. The lowest BCUT2D eigenvalue weighted by Gasteiger charge is -2.46. The maximum atomic E-state index is 6.27. The van der Waals surface area contributed by atoms with Crippen LogP contribution in [0.2, 0.25) is 5.02 Å². The number of nitrogens with one attached hydrogen (secondary N) is 1. The van der Waals surface area contributed by atoms with Crippen LogP contribution in [0.1, 0.15) is 36.8 Å². The smallest absolute Gasteiger partial charge is 0.0433 e. The van der Waals surface area contributed by atoms with Crippen LogP contribution >= 0.6 is 11.6 Å². The molecule has 0 unspecified atom stereocenters. The van der Waals surface area contributed by atoms with E-state index in [9.17, 15) is 0 Å². The Morgan fingerprint density at radius 1 is 0.966 bits per heavy atom. The van der Waals surface area contributed by atoms with Crippen molar-refractivity contribution >= 4 is 11.6 Å². The maximum absolute atomic E-state index is 6.27. The average Bonchev–Trinajstić information content (AvgIpc) is 2.79. The highest BCUT2D eigenvalue weighted by Crippen LogP contribution is 2.39. The molecule has 0 atom stereocenters. The minimum absolute atomic E-state index is 0.0822.